The number of aromatic nitrogens is 2. The Morgan fingerprint density at radius 1 is 1.42 bits per heavy atom. The van der Waals surface area contributed by atoms with E-state index in [1.165, 1.54) is 0 Å². The van der Waals surface area contributed by atoms with Crippen LogP contribution in [0.2, 0.25) is 0 Å². The zero-order valence-corrected chi connectivity index (χ0v) is 12.5. The first-order chi connectivity index (χ1) is 9.08. The van der Waals surface area contributed by atoms with Crippen molar-refractivity contribution in [3.8, 4) is 0 Å². The van der Waals surface area contributed by atoms with E-state index in [-0.39, 0.29) is 11.7 Å². The highest BCUT2D eigenvalue weighted by Crippen LogP contribution is 2.06. The van der Waals surface area contributed by atoms with Crippen molar-refractivity contribution in [2.75, 3.05) is 6.54 Å². The molecule has 6 nitrogen and oxygen atoms in total. The maximum absolute atomic E-state index is 12.0. The average Bonchev–Trinajstić information content (AvgIpc) is 2.82. The standard InChI is InChI=1S/C12H21N3O3S/c1-4-6-11-14-10(15-18-11)8-19(17)9(3)12(16)13-7-5-2/h9H,4-8H2,1-3H3,(H,13,16)/t9-,19+/m0/s1. The second kappa shape index (κ2) is 8.04. The SMILES string of the molecule is CCCNC(=O)[C@H](C)[S@](=O)Cc1noc(CCC)n1. The zero-order chi connectivity index (χ0) is 14.3. The minimum Gasteiger partial charge on any atom is -0.355 e. The summed E-state index contributed by atoms with van der Waals surface area (Å²) in [6.45, 7) is 6.23. The van der Waals surface area contributed by atoms with Gasteiger partial charge >= 0.3 is 0 Å². The van der Waals surface area contributed by atoms with E-state index in [4.69, 9.17) is 4.52 Å². The predicted molar refractivity (Wildman–Crippen MR) is 72.9 cm³/mol. The molecule has 0 aliphatic carbocycles. The van der Waals surface area contributed by atoms with E-state index < -0.39 is 16.0 Å². The molecule has 1 aromatic heterocycles. The molecule has 19 heavy (non-hydrogen) atoms. The monoisotopic (exact) mass is 287 g/mol. The molecule has 0 saturated heterocycles. The fourth-order valence-corrected chi connectivity index (χ4v) is 2.37. The lowest BCUT2D eigenvalue weighted by Gasteiger charge is -2.10. The number of aryl methyl sites for hydroxylation is 1. The molecule has 0 saturated carbocycles. The molecule has 0 unspecified atom stereocenters. The Bertz CT molecular complexity index is 434. The molecular weight excluding hydrogens is 266 g/mol. The first-order valence-electron chi connectivity index (χ1n) is 6.54. The molecule has 2 atom stereocenters. The lowest BCUT2D eigenvalue weighted by molar-refractivity contribution is -0.120. The minimum atomic E-state index is -1.34. The molecule has 7 heteroatoms. The van der Waals surface area contributed by atoms with Crippen LogP contribution in [0.25, 0.3) is 0 Å². The minimum absolute atomic E-state index is 0.147. The second-order valence-electron chi connectivity index (χ2n) is 4.31. The number of carbonyl (C=O) groups excluding carboxylic acids is 1. The summed E-state index contributed by atoms with van der Waals surface area (Å²) in [5.74, 6) is 0.903. The van der Waals surface area contributed by atoms with Gasteiger partial charge in [0.1, 0.15) is 5.25 Å². The largest absolute Gasteiger partial charge is 0.355 e. The van der Waals surface area contributed by atoms with Crippen LogP contribution in [0.3, 0.4) is 0 Å². The molecule has 0 aliphatic rings. The Hall–Kier alpha value is -1.24. The van der Waals surface area contributed by atoms with Gasteiger partial charge in [0, 0.05) is 23.8 Å². The van der Waals surface area contributed by atoms with Crippen molar-refractivity contribution in [2.24, 2.45) is 0 Å². The molecule has 0 radical (unpaired) electrons. The Morgan fingerprint density at radius 3 is 2.79 bits per heavy atom. The van der Waals surface area contributed by atoms with E-state index in [0.717, 1.165) is 12.8 Å². The summed E-state index contributed by atoms with van der Waals surface area (Å²) in [5.41, 5.74) is 0. The summed E-state index contributed by atoms with van der Waals surface area (Å²) in [6, 6.07) is 0. The number of carbonyl (C=O) groups is 1. The van der Waals surface area contributed by atoms with Gasteiger partial charge in [0.2, 0.25) is 11.8 Å². The third kappa shape index (κ3) is 5.10. The highest BCUT2D eigenvalue weighted by Gasteiger charge is 2.21. The van der Waals surface area contributed by atoms with Crippen LogP contribution in [0.15, 0.2) is 4.52 Å². The van der Waals surface area contributed by atoms with E-state index in [0.29, 0.717) is 24.7 Å². The fourth-order valence-electron chi connectivity index (χ4n) is 1.43. The zero-order valence-electron chi connectivity index (χ0n) is 11.6. The van der Waals surface area contributed by atoms with Crippen LogP contribution in [0.4, 0.5) is 0 Å². The molecule has 0 aliphatic heterocycles. The maximum atomic E-state index is 12.0. The number of rotatable bonds is 8. The Morgan fingerprint density at radius 2 is 2.16 bits per heavy atom. The lowest BCUT2D eigenvalue weighted by atomic mass is 10.3. The smallest absolute Gasteiger partial charge is 0.235 e. The van der Waals surface area contributed by atoms with Crippen LogP contribution >= 0.6 is 0 Å². The van der Waals surface area contributed by atoms with E-state index in [9.17, 15) is 9.00 Å². The Balaban J connectivity index is 2.50. The van der Waals surface area contributed by atoms with Crippen molar-refractivity contribution < 1.29 is 13.5 Å². The van der Waals surface area contributed by atoms with E-state index in [1.807, 2.05) is 13.8 Å². The van der Waals surface area contributed by atoms with Gasteiger partial charge in [-0.15, -0.1) is 0 Å². The summed E-state index contributed by atoms with van der Waals surface area (Å²) in [6.07, 6.45) is 2.49. The highest BCUT2D eigenvalue weighted by molar-refractivity contribution is 7.85. The van der Waals surface area contributed by atoms with Crippen LogP contribution in [0.1, 0.15) is 45.3 Å². The van der Waals surface area contributed by atoms with Crippen molar-refractivity contribution in [1.82, 2.24) is 15.5 Å². The summed E-state index contributed by atoms with van der Waals surface area (Å²) < 4.78 is 17.0. The van der Waals surface area contributed by atoms with Gasteiger partial charge in [-0.05, 0) is 19.8 Å². The van der Waals surface area contributed by atoms with Crippen LogP contribution in [-0.4, -0.2) is 32.1 Å². The van der Waals surface area contributed by atoms with Crippen molar-refractivity contribution in [3.05, 3.63) is 11.7 Å². The fraction of sp³-hybridized carbons (Fsp3) is 0.750. The molecule has 0 aromatic carbocycles. The van der Waals surface area contributed by atoms with Crippen LogP contribution in [0.5, 0.6) is 0 Å². The van der Waals surface area contributed by atoms with E-state index >= 15 is 0 Å². The van der Waals surface area contributed by atoms with Gasteiger partial charge in [0.15, 0.2) is 5.82 Å². The molecule has 1 heterocycles. The Labute approximate surface area is 115 Å². The van der Waals surface area contributed by atoms with Crippen molar-refractivity contribution >= 4 is 16.7 Å². The van der Waals surface area contributed by atoms with E-state index in [1.54, 1.807) is 6.92 Å². The number of hydrogen-bond acceptors (Lipinski definition) is 5. The third-order valence-electron chi connectivity index (χ3n) is 2.56. The van der Waals surface area contributed by atoms with E-state index in [2.05, 4.69) is 15.5 Å². The van der Waals surface area contributed by atoms with Gasteiger partial charge in [0.25, 0.3) is 0 Å². The Kier molecular flexibility index (Phi) is 6.69. The number of hydrogen-bond donors (Lipinski definition) is 1. The normalized spacial score (nSPS) is 14.1. The van der Waals surface area contributed by atoms with Crippen LogP contribution in [0, 0.1) is 0 Å². The third-order valence-corrected chi connectivity index (χ3v) is 4.10. The molecule has 0 spiro atoms. The first-order valence-corrected chi connectivity index (χ1v) is 7.93. The quantitative estimate of drug-likeness (QED) is 0.776. The van der Waals surface area contributed by atoms with Gasteiger partial charge in [-0.1, -0.05) is 19.0 Å². The van der Waals surface area contributed by atoms with Gasteiger partial charge in [-0.3, -0.25) is 9.00 Å². The molecule has 0 bridgehead atoms. The molecular formula is C12H21N3O3S. The van der Waals surface area contributed by atoms with Crippen molar-refractivity contribution in [3.63, 3.8) is 0 Å². The molecule has 1 N–H and O–H groups in total. The lowest BCUT2D eigenvalue weighted by Crippen LogP contribution is -2.36. The number of amides is 1. The topological polar surface area (TPSA) is 85.1 Å². The van der Waals surface area contributed by atoms with Gasteiger partial charge in [-0.25, -0.2) is 0 Å². The molecule has 1 amide bonds. The molecule has 0 fully saturated rings. The molecule has 108 valence electrons. The average molecular weight is 287 g/mol. The first kappa shape index (κ1) is 15.8. The van der Waals surface area contributed by atoms with Gasteiger partial charge in [0.05, 0.1) is 5.75 Å². The summed E-state index contributed by atoms with van der Waals surface area (Å²) in [7, 11) is -1.34. The number of nitrogens with one attached hydrogen (secondary N) is 1. The summed E-state index contributed by atoms with van der Waals surface area (Å²) in [5, 5.41) is 5.93. The van der Waals surface area contributed by atoms with Crippen LogP contribution in [-0.2, 0) is 27.8 Å². The van der Waals surface area contributed by atoms with Crippen LogP contribution < -0.4 is 5.32 Å². The van der Waals surface area contributed by atoms with Gasteiger partial charge in [-0.2, -0.15) is 4.98 Å². The summed E-state index contributed by atoms with van der Waals surface area (Å²) in [4.78, 5) is 15.8. The molecule has 1 rings (SSSR count). The number of nitrogens with zero attached hydrogens (tertiary/aromatic N) is 2. The van der Waals surface area contributed by atoms with Crippen molar-refractivity contribution in [2.45, 2.75) is 51.0 Å². The molecule has 1 aromatic rings. The summed E-state index contributed by atoms with van der Waals surface area (Å²) >= 11 is 0. The van der Waals surface area contributed by atoms with Crippen molar-refractivity contribution in [1.29, 1.82) is 0 Å². The predicted octanol–water partition coefficient (Wildman–Crippen LogP) is 1.19. The maximum Gasteiger partial charge on any atom is 0.235 e. The van der Waals surface area contributed by atoms with Gasteiger partial charge < -0.3 is 9.84 Å². The second-order valence-corrected chi connectivity index (χ2v) is 6.07. The highest BCUT2D eigenvalue weighted by atomic mass is 32.2.